The van der Waals surface area contributed by atoms with E-state index in [0.29, 0.717) is 5.75 Å². The van der Waals surface area contributed by atoms with Crippen LogP contribution in [0.3, 0.4) is 0 Å². The fourth-order valence-corrected chi connectivity index (χ4v) is 2.32. The molecule has 1 N–H and O–H groups in total. The molecule has 0 aliphatic carbocycles. The molecule has 0 spiro atoms. The van der Waals surface area contributed by atoms with Crippen molar-refractivity contribution >= 4 is 17.7 Å². The lowest BCUT2D eigenvalue weighted by Gasteiger charge is -2.07. The minimum atomic E-state index is -0.162. The van der Waals surface area contributed by atoms with Crippen molar-refractivity contribution in [2.75, 3.05) is 12.1 Å². The number of ether oxygens (including phenoxy) is 2. The molecule has 112 valence electrons. The van der Waals surface area contributed by atoms with Gasteiger partial charge in [-0.05, 0) is 49.2 Å². The van der Waals surface area contributed by atoms with Crippen LogP contribution in [-0.2, 0) is 4.79 Å². The summed E-state index contributed by atoms with van der Waals surface area (Å²) in [6, 6.07) is 11.5. The van der Waals surface area contributed by atoms with E-state index in [-0.39, 0.29) is 12.7 Å². The van der Waals surface area contributed by atoms with Crippen LogP contribution in [0.2, 0.25) is 0 Å². The summed E-state index contributed by atoms with van der Waals surface area (Å²) in [6.07, 6.45) is 3.26. The van der Waals surface area contributed by atoms with E-state index in [1.807, 2.05) is 50.2 Å². The number of hydrogen-bond donors (Lipinski definition) is 1. The highest BCUT2D eigenvalue weighted by atomic mass is 16.7. The van der Waals surface area contributed by atoms with Crippen LogP contribution in [0.1, 0.15) is 16.7 Å². The number of benzene rings is 2. The standard InChI is InChI=1S/C18H17NO3/c1-12-3-6-15(13(2)9-12)19-18(20)8-5-14-4-7-16-17(10-14)22-11-21-16/h3-10H,11H2,1-2H3,(H,19,20)/b8-5-. The number of carbonyl (C=O) groups is 1. The highest BCUT2D eigenvalue weighted by molar-refractivity contribution is 6.02. The quantitative estimate of drug-likeness (QED) is 0.879. The van der Waals surface area contributed by atoms with Crippen LogP contribution in [0.5, 0.6) is 11.5 Å². The zero-order valence-electron chi connectivity index (χ0n) is 12.6. The lowest BCUT2D eigenvalue weighted by Crippen LogP contribution is -2.08. The SMILES string of the molecule is Cc1ccc(NC(=O)/C=C\c2ccc3c(c2)OCO3)c(C)c1. The van der Waals surface area contributed by atoms with Crippen molar-refractivity contribution in [3.63, 3.8) is 0 Å². The van der Waals surface area contributed by atoms with Gasteiger partial charge in [-0.2, -0.15) is 0 Å². The Morgan fingerprint density at radius 2 is 1.91 bits per heavy atom. The summed E-state index contributed by atoms with van der Waals surface area (Å²) < 4.78 is 10.6. The number of amides is 1. The molecule has 1 aliphatic heterocycles. The molecule has 0 bridgehead atoms. The lowest BCUT2D eigenvalue weighted by atomic mass is 10.1. The van der Waals surface area contributed by atoms with Crippen molar-refractivity contribution in [3.8, 4) is 11.5 Å². The Morgan fingerprint density at radius 3 is 2.73 bits per heavy atom. The van der Waals surface area contributed by atoms with Crippen molar-refractivity contribution in [2.45, 2.75) is 13.8 Å². The number of anilines is 1. The summed E-state index contributed by atoms with van der Waals surface area (Å²) in [5.41, 5.74) is 3.93. The molecule has 2 aromatic rings. The van der Waals surface area contributed by atoms with Crippen LogP contribution in [0, 0.1) is 13.8 Å². The van der Waals surface area contributed by atoms with E-state index in [1.54, 1.807) is 6.08 Å². The number of nitrogens with one attached hydrogen (secondary N) is 1. The van der Waals surface area contributed by atoms with Gasteiger partial charge < -0.3 is 14.8 Å². The second-order valence-electron chi connectivity index (χ2n) is 5.25. The minimum absolute atomic E-state index is 0.162. The first-order valence-electron chi connectivity index (χ1n) is 7.08. The number of rotatable bonds is 3. The predicted molar refractivity (Wildman–Crippen MR) is 86.1 cm³/mol. The Balaban J connectivity index is 1.68. The summed E-state index contributed by atoms with van der Waals surface area (Å²) in [7, 11) is 0. The van der Waals surface area contributed by atoms with Crippen LogP contribution in [-0.4, -0.2) is 12.7 Å². The molecule has 0 radical (unpaired) electrons. The van der Waals surface area contributed by atoms with Crippen LogP contribution < -0.4 is 14.8 Å². The summed E-state index contributed by atoms with van der Waals surface area (Å²) in [5, 5.41) is 2.88. The Labute approximate surface area is 129 Å². The number of fused-ring (bicyclic) bond motifs is 1. The zero-order valence-corrected chi connectivity index (χ0v) is 12.6. The van der Waals surface area contributed by atoms with E-state index in [4.69, 9.17) is 9.47 Å². The highest BCUT2D eigenvalue weighted by Crippen LogP contribution is 2.32. The molecule has 0 fully saturated rings. The van der Waals surface area contributed by atoms with Gasteiger partial charge in [0, 0.05) is 11.8 Å². The van der Waals surface area contributed by atoms with Crippen molar-refractivity contribution in [1.29, 1.82) is 0 Å². The Morgan fingerprint density at radius 1 is 1.09 bits per heavy atom. The maximum Gasteiger partial charge on any atom is 0.248 e. The summed E-state index contributed by atoms with van der Waals surface area (Å²) in [6.45, 7) is 4.25. The van der Waals surface area contributed by atoms with E-state index in [1.165, 1.54) is 11.6 Å². The molecule has 0 saturated heterocycles. The first-order chi connectivity index (χ1) is 10.6. The Bertz CT molecular complexity index is 750. The smallest absolute Gasteiger partial charge is 0.248 e. The van der Waals surface area contributed by atoms with Gasteiger partial charge in [-0.25, -0.2) is 0 Å². The van der Waals surface area contributed by atoms with E-state index in [2.05, 4.69) is 5.32 Å². The molecule has 0 saturated carbocycles. The molecule has 3 rings (SSSR count). The Hall–Kier alpha value is -2.75. The van der Waals surface area contributed by atoms with Gasteiger partial charge in [0.25, 0.3) is 0 Å². The minimum Gasteiger partial charge on any atom is -0.454 e. The second kappa shape index (κ2) is 5.93. The van der Waals surface area contributed by atoms with Crippen molar-refractivity contribution in [3.05, 3.63) is 59.2 Å². The predicted octanol–water partition coefficient (Wildman–Crippen LogP) is 3.68. The van der Waals surface area contributed by atoms with Gasteiger partial charge in [-0.3, -0.25) is 4.79 Å². The first-order valence-corrected chi connectivity index (χ1v) is 7.08. The largest absolute Gasteiger partial charge is 0.454 e. The number of carbonyl (C=O) groups excluding carboxylic acids is 1. The normalized spacial score (nSPS) is 12.6. The second-order valence-corrected chi connectivity index (χ2v) is 5.25. The fraction of sp³-hybridized carbons (Fsp3) is 0.167. The van der Waals surface area contributed by atoms with E-state index in [0.717, 1.165) is 22.6 Å². The number of hydrogen-bond acceptors (Lipinski definition) is 3. The van der Waals surface area contributed by atoms with Gasteiger partial charge in [0.05, 0.1) is 0 Å². The molecular formula is C18H17NO3. The van der Waals surface area contributed by atoms with Gasteiger partial charge in [0.15, 0.2) is 11.5 Å². The van der Waals surface area contributed by atoms with Gasteiger partial charge in [0.1, 0.15) is 0 Å². The van der Waals surface area contributed by atoms with E-state index >= 15 is 0 Å². The topological polar surface area (TPSA) is 47.6 Å². The van der Waals surface area contributed by atoms with Gasteiger partial charge in [0.2, 0.25) is 12.7 Å². The molecule has 22 heavy (non-hydrogen) atoms. The zero-order chi connectivity index (χ0) is 15.5. The van der Waals surface area contributed by atoms with Gasteiger partial charge >= 0.3 is 0 Å². The van der Waals surface area contributed by atoms with Crippen molar-refractivity contribution in [1.82, 2.24) is 0 Å². The van der Waals surface area contributed by atoms with Crippen LogP contribution in [0.15, 0.2) is 42.5 Å². The maximum atomic E-state index is 12.0. The molecule has 0 aromatic heterocycles. The molecule has 0 unspecified atom stereocenters. The molecule has 1 heterocycles. The molecule has 0 atom stereocenters. The molecule has 4 nitrogen and oxygen atoms in total. The third-order valence-electron chi connectivity index (χ3n) is 3.46. The molecule has 4 heteroatoms. The van der Waals surface area contributed by atoms with Gasteiger partial charge in [-0.1, -0.05) is 23.8 Å². The first kappa shape index (κ1) is 14.2. The molecule has 1 aliphatic rings. The molecular weight excluding hydrogens is 278 g/mol. The van der Waals surface area contributed by atoms with Crippen molar-refractivity contribution in [2.24, 2.45) is 0 Å². The summed E-state index contributed by atoms with van der Waals surface area (Å²) in [4.78, 5) is 12.0. The third kappa shape index (κ3) is 3.11. The van der Waals surface area contributed by atoms with E-state index < -0.39 is 0 Å². The van der Waals surface area contributed by atoms with Crippen molar-refractivity contribution < 1.29 is 14.3 Å². The fourth-order valence-electron chi connectivity index (χ4n) is 2.32. The number of aryl methyl sites for hydroxylation is 2. The highest BCUT2D eigenvalue weighted by Gasteiger charge is 2.12. The average molecular weight is 295 g/mol. The molecule has 2 aromatic carbocycles. The summed E-state index contributed by atoms with van der Waals surface area (Å²) >= 11 is 0. The third-order valence-corrected chi connectivity index (χ3v) is 3.46. The average Bonchev–Trinajstić information content (AvgIpc) is 2.95. The summed E-state index contributed by atoms with van der Waals surface area (Å²) in [5.74, 6) is 1.28. The van der Waals surface area contributed by atoms with Crippen LogP contribution in [0.4, 0.5) is 5.69 Å². The monoisotopic (exact) mass is 295 g/mol. The Kier molecular flexibility index (Phi) is 3.83. The molecule has 1 amide bonds. The lowest BCUT2D eigenvalue weighted by molar-refractivity contribution is -0.111. The van der Waals surface area contributed by atoms with Gasteiger partial charge in [-0.15, -0.1) is 0 Å². The van der Waals surface area contributed by atoms with Crippen LogP contribution >= 0.6 is 0 Å². The van der Waals surface area contributed by atoms with Crippen LogP contribution in [0.25, 0.3) is 6.08 Å². The maximum absolute atomic E-state index is 12.0. The van der Waals surface area contributed by atoms with E-state index in [9.17, 15) is 4.79 Å².